The second-order valence-corrected chi connectivity index (χ2v) is 6.15. The van der Waals surface area contributed by atoms with E-state index in [9.17, 15) is 0 Å². The van der Waals surface area contributed by atoms with Crippen LogP contribution in [-0.4, -0.2) is 6.54 Å². The molecule has 0 spiro atoms. The molecular formula is C16H29NO. The van der Waals surface area contributed by atoms with Crippen molar-refractivity contribution in [3.63, 3.8) is 0 Å². The summed E-state index contributed by atoms with van der Waals surface area (Å²) >= 11 is 0. The van der Waals surface area contributed by atoms with E-state index in [1.807, 2.05) is 13.8 Å². The molecule has 1 aromatic rings. The van der Waals surface area contributed by atoms with E-state index in [1.165, 1.54) is 5.56 Å². The molecule has 1 aromatic heterocycles. The van der Waals surface area contributed by atoms with Crippen molar-refractivity contribution in [2.75, 3.05) is 6.54 Å². The molecule has 104 valence electrons. The summed E-state index contributed by atoms with van der Waals surface area (Å²) in [5.41, 5.74) is 1.29. The van der Waals surface area contributed by atoms with E-state index in [2.05, 4.69) is 46.0 Å². The van der Waals surface area contributed by atoms with Gasteiger partial charge in [0.1, 0.15) is 11.5 Å². The molecule has 1 atom stereocenters. The fourth-order valence-corrected chi connectivity index (χ4v) is 2.74. The van der Waals surface area contributed by atoms with Gasteiger partial charge in [0.25, 0.3) is 0 Å². The molecule has 0 saturated carbocycles. The molecule has 2 nitrogen and oxygen atoms in total. The van der Waals surface area contributed by atoms with Crippen LogP contribution in [0, 0.1) is 31.6 Å². The van der Waals surface area contributed by atoms with Gasteiger partial charge in [0.05, 0.1) is 0 Å². The lowest BCUT2D eigenvalue weighted by Gasteiger charge is -2.27. The highest BCUT2D eigenvalue weighted by Gasteiger charge is 2.19. The monoisotopic (exact) mass is 251 g/mol. The molecule has 1 heterocycles. The van der Waals surface area contributed by atoms with Crippen molar-refractivity contribution >= 4 is 0 Å². The average molecular weight is 251 g/mol. The molecule has 1 N–H and O–H groups in total. The third kappa shape index (κ3) is 3.88. The SMILES string of the molecule is Cc1cc(C(C)NCC(C(C)C)C(C)C)c(C)o1. The molecule has 0 aliphatic heterocycles. The van der Waals surface area contributed by atoms with Gasteiger partial charge in [-0.25, -0.2) is 0 Å². The van der Waals surface area contributed by atoms with Gasteiger partial charge >= 0.3 is 0 Å². The zero-order chi connectivity index (χ0) is 13.9. The van der Waals surface area contributed by atoms with E-state index in [0.717, 1.165) is 35.8 Å². The number of aryl methyl sites for hydroxylation is 2. The standard InChI is InChI=1S/C16H29NO/c1-10(2)16(11(3)4)9-17-13(6)15-8-12(5)18-14(15)7/h8,10-11,13,16-17H,9H2,1-7H3. The van der Waals surface area contributed by atoms with Crippen LogP contribution in [0.1, 0.15) is 57.7 Å². The number of hydrogen-bond donors (Lipinski definition) is 1. The summed E-state index contributed by atoms with van der Waals surface area (Å²) in [5, 5.41) is 3.66. The second-order valence-electron chi connectivity index (χ2n) is 6.15. The van der Waals surface area contributed by atoms with Gasteiger partial charge in [0.15, 0.2) is 0 Å². The predicted molar refractivity (Wildman–Crippen MR) is 77.8 cm³/mol. The molecule has 0 amide bonds. The van der Waals surface area contributed by atoms with E-state index < -0.39 is 0 Å². The van der Waals surface area contributed by atoms with Crippen LogP contribution < -0.4 is 5.32 Å². The minimum absolute atomic E-state index is 0.363. The van der Waals surface area contributed by atoms with Crippen LogP contribution in [0.25, 0.3) is 0 Å². The third-order valence-corrected chi connectivity index (χ3v) is 3.92. The summed E-state index contributed by atoms with van der Waals surface area (Å²) in [6, 6.07) is 2.51. The van der Waals surface area contributed by atoms with Gasteiger partial charge in [-0.15, -0.1) is 0 Å². The van der Waals surface area contributed by atoms with Crippen molar-refractivity contribution in [1.29, 1.82) is 0 Å². The minimum atomic E-state index is 0.363. The lowest BCUT2D eigenvalue weighted by atomic mass is 9.85. The van der Waals surface area contributed by atoms with E-state index in [1.54, 1.807) is 0 Å². The zero-order valence-corrected chi connectivity index (χ0v) is 13.0. The predicted octanol–water partition coefficient (Wildman–Crippen LogP) is 4.48. The molecule has 18 heavy (non-hydrogen) atoms. The van der Waals surface area contributed by atoms with E-state index in [-0.39, 0.29) is 0 Å². The first-order valence-corrected chi connectivity index (χ1v) is 7.13. The number of hydrogen-bond acceptors (Lipinski definition) is 2. The molecule has 1 rings (SSSR count). The highest BCUT2D eigenvalue weighted by molar-refractivity contribution is 5.23. The summed E-state index contributed by atoms with van der Waals surface area (Å²) in [7, 11) is 0. The Hall–Kier alpha value is -0.760. The van der Waals surface area contributed by atoms with E-state index in [4.69, 9.17) is 4.42 Å². The van der Waals surface area contributed by atoms with Gasteiger partial charge in [0, 0.05) is 11.6 Å². The van der Waals surface area contributed by atoms with Crippen molar-refractivity contribution in [3.05, 3.63) is 23.2 Å². The molecule has 0 radical (unpaired) electrons. The first kappa shape index (κ1) is 15.3. The molecule has 0 bridgehead atoms. The normalized spacial score (nSPS) is 13.9. The summed E-state index contributed by atoms with van der Waals surface area (Å²) < 4.78 is 5.60. The molecule has 0 saturated heterocycles. The van der Waals surface area contributed by atoms with Crippen LogP contribution in [0.4, 0.5) is 0 Å². The van der Waals surface area contributed by atoms with Gasteiger partial charge in [-0.1, -0.05) is 27.7 Å². The van der Waals surface area contributed by atoms with Gasteiger partial charge in [0.2, 0.25) is 0 Å². The van der Waals surface area contributed by atoms with Crippen LogP contribution in [0.2, 0.25) is 0 Å². The highest BCUT2D eigenvalue weighted by Crippen LogP contribution is 2.24. The van der Waals surface area contributed by atoms with Crippen LogP contribution in [-0.2, 0) is 0 Å². The Balaban J connectivity index is 2.60. The molecule has 0 aliphatic carbocycles. The van der Waals surface area contributed by atoms with Crippen molar-refractivity contribution in [2.45, 2.75) is 54.5 Å². The Labute approximate surface area is 112 Å². The Bertz CT molecular complexity index is 357. The largest absolute Gasteiger partial charge is 0.466 e. The van der Waals surface area contributed by atoms with Gasteiger partial charge in [-0.2, -0.15) is 0 Å². The van der Waals surface area contributed by atoms with Crippen LogP contribution in [0.3, 0.4) is 0 Å². The van der Waals surface area contributed by atoms with Crippen molar-refractivity contribution < 1.29 is 4.42 Å². The maximum Gasteiger partial charge on any atom is 0.105 e. The number of furan rings is 1. The van der Waals surface area contributed by atoms with E-state index in [0.29, 0.717) is 6.04 Å². The Morgan fingerprint density at radius 3 is 2.00 bits per heavy atom. The fraction of sp³-hybridized carbons (Fsp3) is 0.750. The van der Waals surface area contributed by atoms with Crippen molar-refractivity contribution in [3.8, 4) is 0 Å². The molecule has 0 aromatic carbocycles. The molecule has 0 aliphatic rings. The second kappa shape index (κ2) is 6.42. The van der Waals surface area contributed by atoms with Gasteiger partial charge in [-0.3, -0.25) is 0 Å². The maximum absolute atomic E-state index is 5.60. The molecular weight excluding hydrogens is 222 g/mol. The summed E-state index contributed by atoms with van der Waals surface area (Å²) in [5.74, 6) is 4.20. The molecule has 2 heteroatoms. The number of nitrogens with one attached hydrogen (secondary N) is 1. The average Bonchev–Trinajstić information content (AvgIpc) is 2.56. The lowest BCUT2D eigenvalue weighted by molar-refractivity contribution is 0.267. The highest BCUT2D eigenvalue weighted by atomic mass is 16.3. The maximum atomic E-state index is 5.60. The van der Waals surface area contributed by atoms with Crippen LogP contribution in [0.5, 0.6) is 0 Å². The summed E-state index contributed by atoms with van der Waals surface area (Å²) in [4.78, 5) is 0. The van der Waals surface area contributed by atoms with Crippen molar-refractivity contribution in [2.24, 2.45) is 17.8 Å². The van der Waals surface area contributed by atoms with Gasteiger partial charge in [-0.05, 0) is 51.1 Å². The molecule has 1 unspecified atom stereocenters. The Morgan fingerprint density at radius 1 is 1.06 bits per heavy atom. The third-order valence-electron chi connectivity index (χ3n) is 3.92. The van der Waals surface area contributed by atoms with Crippen LogP contribution >= 0.6 is 0 Å². The first-order valence-electron chi connectivity index (χ1n) is 7.13. The van der Waals surface area contributed by atoms with E-state index >= 15 is 0 Å². The topological polar surface area (TPSA) is 25.2 Å². The summed E-state index contributed by atoms with van der Waals surface area (Å²) in [6.45, 7) is 16.6. The zero-order valence-electron chi connectivity index (χ0n) is 13.0. The minimum Gasteiger partial charge on any atom is -0.466 e. The fourth-order valence-electron chi connectivity index (χ4n) is 2.74. The summed E-state index contributed by atoms with van der Waals surface area (Å²) in [6.07, 6.45) is 0. The smallest absolute Gasteiger partial charge is 0.105 e. The number of rotatable bonds is 6. The molecule has 0 fully saturated rings. The first-order chi connectivity index (χ1) is 8.32. The Kier molecular flexibility index (Phi) is 5.46. The van der Waals surface area contributed by atoms with Crippen LogP contribution in [0.15, 0.2) is 10.5 Å². The lowest BCUT2D eigenvalue weighted by Crippen LogP contribution is -2.31. The quantitative estimate of drug-likeness (QED) is 0.806. The van der Waals surface area contributed by atoms with Crippen molar-refractivity contribution in [1.82, 2.24) is 5.32 Å². The Morgan fingerprint density at radius 2 is 1.61 bits per heavy atom. The van der Waals surface area contributed by atoms with Gasteiger partial charge < -0.3 is 9.73 Å².